The largest absolute Gasteiger partial charge is 0.277 e. The average molecular weight is 220 g/mol. The van der Waals surface area contributed by atoms with Crippen molar-refractivity contribution in [1.82, 2.24) is 0 Å². The Morgan fingerprint density at radius 2 is 0.643 bits per heavy atom. The topological polar surface area (TPSA) is 0 Å². The van der Waals surface area contributed by atoms with E-state index in [0.717, 1.165) is 21.0 Å². The van der Waals surface area contributed by atoms with Crippen molar-refractivity contribution >= 4 is 9.16 Å². The van der Waals surface area contributed by atoms with Gasteiger partial charge < -0.3 is 0 Å². The van der Waals surface area contributed by atoms with Gasteiger partial charge in [-0.25, -0.2) is 0 Å². The highest BCUT2D eigenvalue weighted by Crippen LogP contribution is 2.79. The predicted molar refractivity (Wildman–Crippen MR) is 75.5 cm³/mol. The zero-order valence-corrected chi connectivity index (χ0v) is 12.7. The molecule has 0 heterocycles. The van der Waals surface area contributed by atoms with Crippen LogP contribution < -0.4 is 0 Å². The Balaban J connectivity index is 5.62. The van der Waals surface area contributed by atoms with Crippen LogP contribution in [0.3, 0.4) is 0 Å². The van der Waals surface area contributed by atoms with Gasteiger partial charge in [0.2, 0.25) is 0 Å². The van der Waals surface area contributed by atoms with E-state index in [9.17, 15) is 0 Å². The van der Waals surface area contributed by atoms with E-state index in [2.05, 4.69) is 61.6 Å². The quantitative estimate of drug-likeness (QED) is 0.670. The molecule has 14 heavy (non-hydrogen) atoms. The van der Waals surface area contributed by atoms with Crippen LogP contribution in [0.2, 0.25) is 0 Å². The first-order valence-corrected chi connectivity index (χ1v) is 9.06. The number of hydrogen-bond acceptors (Lipinski definition) is 0. The van der Waals surface area contributed by atoms with Crippen LogP contribution in [0.4, 0.5) is 0 Å². The molecule has 0 saturated heterocycles. The summed E-state index contributed by atoms with van der Waals surface area (Å²) in [6, 6.07) is 0. The van der Waals surface area contributed by atoms with Gasteiger partial charge in [-0.3, -0.25) is 9.16 Å². The molecule has 0 bridgehead atoms. The molecule has 0 radical (unpaired) electrons. The van der Waals surface area contributed by atoms with Crippen LogP contribution in [0, 0.1) is 0 Å². The molecule has 0 nitrogen and oxygen atoms in total. The lowest BCUT2D eigenvalue weighted by atomic mass is 10.5. The van der Waals surface area contributed by atoms with E-state index < -0.39 is 9.16 Å². The van der Waals surface area contributed by atoms with Gasteiger partial charge in [0.05, 0.1) is 0 Å². The molecular weight excluding hydrogens is 188 g/mol. The van der Waals surface area contributed by atoms with Crippen LogP contribution in [0.15, 0.2) is 0 Å². The molecule has 1 heteroatoms. The van der Waals surface area contributed by atoms with Crippen molar-refractivity contribution in [2.45, 2.75) is 76.4 Å². The molecule has 0 aromatic rings. The summed E-state index contributed by atoms with van der Waals surface area (Å²) in [5.74, 6) is 0. The molecule has 0 atom stereocenters. The number of thiol groups is 1. The van der Waals surface area contributed by atoms with E-state index >= 15 is 0 Å². The average Bonchev–Trinajstić information content (AvgIpc) is 2.00. The second-order valence-electron chi connectivity index (χ2n) is 6.30. The van der Waals surface area contributed by atoms with E-state index in [-0.39, 0.29) is 0 Å². The van der Waals surface area contributed by atoms with Gasteiger partial charge in [0.1, 0.15) is 0 Å². The zero-order chi connectivity index (χ0) is 11.8. The normalized spacial score (nSPS) is 16.8. The highest BCUT2D eigenvalue weighted by molar-refractivity contribution is 8.50. The van der Waals surface area contributed by atoms with Crippen LogP contribution in [-0.4, -0.2) is 27.3 Å². The molecule has 0 aliphatic heterocycles. The van der Waals surface area contributed by atoms with E-state index in [1.165, 1.54) is 0 Å². The maximum atomic E-state index is 2.64. The molecule has 90 valence electrons. The summed E-state index contributed by atoms with van der Waals surface area (Å²) in [5, 5.41) is 3.39. The smallest absolute Gasteiger partial charge is 0.0293 e. The Morgan fingerprint density at radius 1 is 0.500 bits per heavy atom. The fourth-order valence-corrected chi connectivity index (χ4v) is 10.7. The summed E-state index contributed by atoms with van der Waals surface area (Å²) in [6.45, 7) is 19.5. The fraction of sp³-hybridized carbons (Fsp3) is 1.00. The zero-order valence-electron chi connectivity index (χ0n) is 11.8. The Bertz CT molecular complexity index is 146. The van der Waals surface area contributed by atoms with Crippen LogP contribution in [0.1, 0.15) is 55.4 Å². The minimum absolute atomic E-state index is 0.848. The first-order chi connectivity index (χ1) is 6.10. The lowest BCUT2D eigenvalue weighted by molar-refractivity contribution is 0.866. The first kappa shape index (κ1) is 14.3. The van der Waals surface area contributed by atoms with Crippen molar-refractivity contribution in [3.05, 3.63) is 0 Å². The molecule has 0 rings (SSSR count). The van der Waals surface area contributed by atoms with Gasteiger partial charge in [-0.2, -0.15) is 0 Å². The Hall–Kier alpha value is 0.350. The maximum absolute atomic E-state index is 2.64. The summed E-state index contributed by atoms with van der Waals surface area (Å²) in [4.78, 5) is 0. The molecule has 0 spiro atoms. The standard InChI is InChI=1S/C13H32S/c1-10(2)14(9,11(3)4,12(5)6)13(7)8/h10-14H,1-9H3. The fourth-order valence-electron chi connectivity index (χ4n) is 3.58. The monoisotopic (exact) mass is 220 g/mol. The van der Waals surface area contributed by atoms with Gasteiger partial charge in [0.15, 0.2) is 0 Å². The summed E-state index contributed by atoms with van der Waals surface area (Å²) >= 11 is 0. The molecule has 0 unspecified atom stereocenters. The molecule has 0 saturated carbocycles. The summed E-state index contributed by atoms with van der Waals surface area (Å²) < 4.78 is 0. The van der Waals surface area contributed by atoms with E-state index in [0.29, 0.717) is 0 Å². The molecule has 0 fully saturated rings. The van der Waals surface area contributed by atoms with Gasteiger partial charge in [-0.05, 0) is 27.3 Å². The molecule has 0 amide bonds. The molecule has 0 N–H and O–H groups in total. The lowest BCUT2D eigenvalue weighted by Gasteiger charge is -2.72. The van der Waals surface area contributed by atoms with E-state index in [4.69, 9.17) is 0 Å². The van der Waals surface area contributed by atoms with Crippen LogP contribution in [0.25, 0.3) is 0 Å². The summed E-state index contributed by atoms with van der Waals surface area (Å²) in [6.07, 6.45) is 2.64. The third kappa shape index (κ3) is 1.52. The third-order valence-electron chi connectivity index (χ3n) is 5.64. The summed E-state index contributed by atoms with van der Waals surface area (Å²) in [5.41, 5.74) is 0. The number of hydrogen-bond donors (Lipinski definition) is 1. The van der Waals surface area contributed by atoms with Gasteiger partial charge >= 0.3 is 0 Å². The van der Waals surface area contributed by atoms with Crippen LogP contribution in [0.5, 0.6) is 0 Å². The maximum Gasteiger partial charge on any atom is -0.0293 e. The molecular formula is C13H32S. The summed E-state index contributed by atoms with van der Waals surface area (Å²) in [7, 11) is -1.59. The second kappa shape index (κ2) is 4.08. The lowest BCUT2D eigenvalue weighted by Crippen LogP contribution is -2.47. The second-order valence-corrected chi connectivity index (χ2v) is 14.3. The third-order valence-corrected chi connectivity index (χ3v) is 16.9. The molecule has 0 aliphatic carbocycles. The Labute approximate surface area is 92.1 Å². The van der Waals surface area contributed by atoms with Crippen LogP contribution >= 0.6 is 9.16 Å². The van der Waals surface area contributed by atoms with Crippen molar-refractivity contribution < 1.29 is 0 Å². The first-order valence-electron chi connectivity index (χ1n) is 6.10. The molecule has 0 aromatic carbocycles. The van der Waals surface area contributed by atoms with Crippen LogP contribution in [-0.2, 0) is 0 Å². The molecule has 0 aromatic heterocycles. The van der Waals surface area contributed by atoms with Crippen molar-refractivity contribution in [1.29, 1.82) is 0 Å². The predicted octanol–water partition coefficient (Wildman–Crippen LogP) is 4.32. The van der Waals surface area contributed by atoms with E-state index in [1.54, 1.807) is 0 Å². The van der Waals surface area contributed by atoms with Gasteiger partial charge in [-0.15, -0.1) is 0 Å². The molecule has 0 aliphatic rings. The number of rotatable bonds is 4. The Kier molecular flexibility index (Phi) is 4.18. The van der Waals surface area contributed by atoms with Gasteiger partial charge in [0, 0.05) is 0 Å². The van der Waals surface area contributed by atoms with Crippen molar-refractivity contribution in [3.8, 4) is 0 Å². The minimum Gasteiger partial charge on any atom is -0.277 e. The minimum atomic E-state index is -1.59. The SMILES string of the molecule is CC(C)[SH](C)(C(C)C)(C(C)C)C(C)C. The van der Waals surface area contributed by atoms with Gasteiger partial charge in [0.25, 0.3) is 0 Å². The van der Waals surface area contributed by atoms with Crippen molar-refractivity contribution in [3.63, 3.8) is 0 Å². The highest BCUT2D eigenvalue weighted by atomic mass is 32.3. The van der Waals surface area contributed by atoms with Crippen molar-refractivity contribution in [2.75, 3.05) is 6.26 Å². The van der Waals surface area contributed by atoms with E-state index in [1.807, 2.05) is 0 Å². The van der Waals surface area contributed by atoms with Crippen molar-refractivity contribution in [2.24, 2.45) is 0 Å². The highest BCUT2D eigenvalue weighted by Gasteiger charge is 2.47. The van der Waals surface area contributed by atoms with Gasteiger partial charge in [-0.1, -0.05) is 55.4 Å². The Morgan fingerprint density at radius 3 is 0.643 bits per heavy atom.